The lowest BCUT2D eigenvalue weighted by atomic mass is 10.2. The van der Waals surface area contributed by atoms with Gasteiger partial charge in [-0.3, -0.25) is 14.4 Å². The lowest BCUT2D eigenvalue weighted by Gasteiger charge is -2.12. The van der Waals surface area contributed by atoms with Crippen molar-refractivity contribution in [1.29, 1.82) is 0 Å². The Morgan fingerprint density at radius 3 is 2.32 bits per heavy atom. The number of carbonyl (C=O) groups is 3. The molecule has 7 heteroatoms. The summed E-state index contributed by atoms with van der Waals surface area (Å²) < 4.78 is 12.8. The number of hydrogen-bond donors (Lipinski definition) is 2. The van der Waals surface area contributed by atoms with E-state index in [9.17, 15) is 18.8 Å². The first-order chi connectivity index (χ1) is 11.9. The largest absolute Gasteiger partial charge is 0.345 e. The predicted molar refractivity (Wildman–Crippen MR) is 91.8 cm³/mol. The summed E-state index contributed by atoms with van der Waals surface area (Å²) in [4.78, 5) is 37.1. The fourth-order valence-electron chi connectivity index (χ4n) is 2.06. The maximum atomic E-state index is 12.8. The van der Waals surface area contributed by atoms with Crippen molar-refractivity contribution in [2.24, 2.45) is 0 Å². The van der Waals surface area contributed by atoms with Crippen LogP contribution in [0.4, 0.5) is 10.1 Å². The number of anilines is 1. The molecular weight excluding hydrogens is 325 g/mol. The molecule has 0 saturated carbocycles. The van der Waals surface area contributed by atoms with E-state index in [1.807, 2.05) is 0 Å². The second-order valence-corrected chi connectivity index (χ2v) is 5.52. The molecule has 2 rings (SSSR count). The summed E-state index contributed by atoms with van der Waals surface area (Å²) in [6, 6.07) is 11.5. The van der Waals surface area contributed by atoms with Crippen LogP contribution in [0.1, 0.15) is 20.7 Å². The number of rotatable bonds is 5. The molecule has 3 amide bonds. The molecule has 0 saturated heterocycles. The van der Waals surface area contributed by atoms with Gasteiger partial charge in [-0.25, -0.2) is 4.39 Å². The van der Waals surface area contributed by atoms with Crippen LogP contribution in [-0.4, -0.2) is 43.3 Å². The van der Waals surface area contributed by atoms with Gasteiger partial charge < -0.3 is 15.5 Å². The third-order valence-corrected chi connectivity index (χ3v) is 3.32. The van der Waals surface area contributed by atoms with Crippen LogP contribution in [0.3, 0.4) is 0 Å². The highest BCUT2D eigenvalue weighted by atomic mass is 19.1. The zero-order valence-corrected chi connectivity index (χ0v) is 13.9. The Bertz CT molecular complexity index is 788. The Morgan fingerprint density at radius 1 is 1.00 bits per heavy atom. The Hall–Kier alpha value is -3.22. The Balaban J connectivity index is 1.92. The van der Waals surface area contributed by atoms with Gasteiger partial charge in [-0.15, -0.1) is 0 Å². The minimum absolute atomic E-state index is 0.180. The van der Waals surface area contributed by atoms with E-state index in [0.29, 0.717) is 11.3 Å². The molecule has 0 radical (unpaired) electrons. The summed E-state index contributed by atoms with van der Waals surface area (Å²) in [6.45, 7) is -0.248. The van der Waals surface area contributed by atoms with Crippen LogP contribution in [-0.2, 0) is 4.79 Å². The fraction of sp³-hybridized carbons (Fsp3) is 0.167. The molecule has 0 aliphatic rings. The van der Waals surface area contributed by atoms with Crippen LogP contribution in [0.25, 0.3) is 0 Å². The van der Waals surface area contributed by atoms with Gasteiger partial charge in [0.05, 0.1) is 6.54 Å². The number of hydrogen-bond acceptors (Lipinski definition) is 3. The van der Waals surface area contributed by atoms with Crippen molar-refractivity contribution < 1.29 is 18.8 Å². The van der Waals surface area contributed by atoms with E-state index in [1.54, 1.807) is 38.4 Å². The zero-order chi connectivity index (χ0) is 18.4. The lowest BCUT2D eigenvalue weighted by Crippen LogP contribution is -2.32. The van der Waals surface area contributed by atoms with E-state index in [4.69, 9.17) is 0 Å². The number of amides is 3. The summed E-state index contributed by atoms with van der Waals surface area (Å²) in [7, 11) is 3.27. The van der Waals surface area contributed by atoms with Gasteiger partial charge in [0.15, 0.2) is 0 Å². The molecule has 0 unspecified atom stereocenters. The van der Waals surface area contributed by atoms with Gasteiger partial charge in [0.2, 0.25) is 5.91 Å². The van der Waals surface area contributed by atoms with Gasteiger partial charge in [-0.05, 0) is 42.5 Å². The third-order valence-electron chi connectivity index (χ3n) is 3.32. The quantitative estimate of drug-likeness (QED) is 0.870. The fourth-order valence-corrected chi connectivity index (χ4v) is 2.06. The Labute approximate surface area is 144 Å². The normalized spacial score (nSPS) is 10.0. The van der Waals surface area contributed by atoms with Crippen LogP contribution in [0.2, 0.25) is 0 Å². The highest BCUT2D eigenvalue weighted by molar-refractivity contribution is 6.00. The standard InChI is InChI=1S/C18H18FN3O3/c1-22(2)18(25)13-4-3-5-15(10-13)21-16(23)11-20-17(24)12-6-8-14(19)9-7-12/h3-10H,11H2,1-2H3,(H,20,24)(H,21,23). The van der Waals surface area contributed by atoms with Crippen LogP contribution in [0.15, 0.2) is 48.5 Å². The molecule has 0 aliphatic carbocycles. The highest BCUT2D eigenvalue weighted by Crippen LogP contribution is 2.12. The summed E-state index contributed by atoms with van der Waals surface area (Å²) in [5.74, 6) is -1.54. The van der Waals surface area contributed by atoms with E-state index in [0.717, 1.165) is 0 Å². The SMILES string of the molecule is CN(C)C(=O)c1cccc(NC(=O)CNC(=O)c2ccc(F)cc2)c1. The number of nitrogens with one attached hydrogen (secondary N) is 2. The molecule has 2 aromatic carbocycles. The van der Waals surface area contributed by atoms with Crippen molar-refractivity contribution >= 4 is 23.4 Å². The third kappa shape index (κ3) is 5.13. The second kappa shape index (κ2) is 8.05. The highest BCUT2D eigenvalue weighted by Gasteiger charge is 2.11. The number of benzene rings is 2. The molecular formula is C18H18FN3O3. The van der Waals surface area contributed by atoms with Gasteiger partial charge in [-0.2, -0.15) is 0 Å². The van der Waals surface area contributed by atoms with Gasteiger partial charge in [0.25, 0.3) is 11.8 Å². The topological polar surface area (TPSA) is 78.5 Å². The number of carbonyl (C=O) groups excluding carboxylic acids is 3. The molecule has 6 nitrogen and oxygen atoms in total. The maximum Gasteiger partial charge on any atom is 0.253 e. The van der Waals surface area contributed by atoms with Crippen molar-refractivity contribution in [2.75, 3.05) is 26.0 Å². The van der Waals surface area contributed by atoms with E-state index >= 15 is 0 Å². The van der Waals surface area contributed by atoms with Crippen LogP contribution in [0.5, 0.6) is 0 Å². The van der Waals surface area contributed by atoms with E-state index < -0.39 is 17.6 Å². The van der Waals surface area contributed by atoms with Gasteiger partial charge in [-0.1, -0.05) is 6.07 Å². The minimum Gasteiger partial charge on any atom is -0.345 e. The van der Waals surface area contributed by atoms with Crippen molar-refractivity contribution in [2.45, 2.75) is 0 Å². The van der Waals surface area contributed by atoms with E-state index in [1.165, 1.54) is 29.2 Å². The first kappa shape index (κ1) is 18.1. The molecule has 0 bridgehead atoms. The zero-order valence-electron chi connectivity index (χ0n) is 13.9. The van der Waals surface area contributed by atoms with Gasteiger partial charge in [0, 0.05) is 30.9 Å². The summed E-state index contributed by atoms with van der Waals surface area (Å²) in [6.07, 6.45) is 0. The molecule has 2 aromatic rings. The number of halogens is 1. The molecule has 0 atom stereocenters. The number of nitrogens with zero attached hydrogens (tertiary/aromatic N) is 1. The molecule has 2 N–H and O–H groups in total. The summed E-state index contributed by atoms with van der Waals surface area (Å²) >= 11 is 0. The van der Waals surface area contributed by atoms with Crippen molar-refractivity contribution in [3.63, 3.8) is 0 Å². The molecule has 0 spiro atoms. The maximum absolute atomic E-state index is 12.8. The Morgan fingerprint density at radius 2 is 1.68 bits per heavy atom. The Kier molecular flexibility index (Phi) is 5.84. The van der Waals surface area contributed by atoms with E-state index in [2.05, 4.69) is 10.6 Å². The second-order valence-electron chi connectivity index (χ2n) is 5.52. The predicted octanol–water partition coefficient (Wildman–Crippen LogP) is 1.90. The van der Waals surface area contributed by atoms with Gasteiger partial charge >= 0.3 is 0 Å². The minimum atomic E-state index is -0.480. The first-order valence-electron chi connectivity index (χ1n) is 7.52. The van der Waals surface area contributed by atoms with Crippen molar-refractivity contribution in [1.82, 2.24) is 10.2 Å². The molecule has 0 aliphatic heterocycles. The molecule has 0 aromatic heterocycles. The van der Waals surface area contributed by atoms with Crippen LogP contribution >= 0.6 is 0 Å². The lowest BCUT2D eigenvalue weighted by molar-refractivity contribution is -0.115. The monoisotopic (exact) mass is 343 g/mol. The van der Waals surface area contributed by atoms with Crippen LogP contribution in [0, 0.1) is 5.82 Å². The van der Waals surface area contributed by atoms with Crippen LogP contribution < -0.4 is 10.6 Å². The van der Waals surface area contributed by atoms with E-state index in [-0.39, 0.29) is 18.0 Å². The first-order valence-corrected chi connectivity index (χ1v) is 7.52. The summed E-state index contributed by atoms with van der Waals surface area (Å²) in [5.41, 5.74) is 1.15. The molecule has 130 valence electrons. The van der Waals surface area contributed by atoms with Gasteiger partial charge in [0.1, 0.15) is 5.82 Å². The average Bonchev–Trinajstić information content (AvgIpc) is 2.59. The molecule has 0 fully saturated rings. The average molecular weight is 343 g/mol. The summed E-state index contributed by atoms with van der Waals surface area (Å²) in [5, 5.41) is 5.05. The molecule has 0 heterocycles. The van der Waals surface area contributed by atoms with Crippen molar-refractivity contribution in [3.05, 3.63) is 65.5 Å². The van der Waals surface area contributed by atoms with Crippen molar-refractivity contribution in [3.8, 4) is 0 Å². The molecule has 25 heavy (non-hydrogen) atoms. The smallest absolute Gasteiger partial charge is 0.253 e.